The van der Waals surface area contributed by atoms with Crippen molar-refractivity contribution in [2.24, 2.45) is 0 Å². The third-order valence-corrected chi connectivity index (χ3v) is 8.20. The van der Waals surface area contributed by atoms with Gasteiger partial charge in [-0.2, -0.15) is 0 Å². The van der Waals surface area contributed by atoms with Gasteiger partial charge in [0.25, 0.3) is 5.91 Å². The summed E-state index contributed by atoms with van der Waals surface area (Å²) in [5.41, 5.74) is 3.59. The summed E-state index contributed by atoms with van der Waals surface area (Å²) >= 11 is 0. The maximum absolute atomic E-state index is 13.8. The Morgan fingerprint density at radius 1 is 0.917 bits per heavy atom. The molecule has 0 saturated carbocycles. The van der Waals surface area contributed by atoms with Gasteiger partial charge in [0, 0.05) is 43.5 Å². The first-order valence-electron chi connectivity index (χ1n) is 13.4. The number of hydrogen-bond donors (Lipinski definition) is 1. The Balaban J connectivity index is 1.29. The van der Waals surface area contributed by atoms with E-state index in [-0.39, 0.29) is 17.9 Å². The van der Waals surface area contributed by atoms with Crippen LogP contribution in [0.15, 0.2) is 78.4 Å². The fourth-order valence-electron chi connectivity index (χ4n) is 5.88. The maximum Gasteiger partial charge on any atom is 0.253 e. The third kappa shape index (κ3) is 4.97. The Kier molecular flexibility index (Phi) is 7.26. The van der Waals surface area contributed by atoms with Crippen LogP contribution in [0.25, 0.3) is 0 Å². The van der Waals surface area contributed by atoms with E-state index >= 15 is 0 Å². The summed E-state index contributed by atoms with van der Waals surface area (Å²) in [6.45, 7) is 5.39. The topological polar surface area (TPSA) is 52.7 Å². The molecule has 0 spiro atoms. The lowest BCUT2D eigenvalue weighted by molar-refractivity contribution is -0.129. The molecule has 2 fully saturated rings. The van der Waals surface area contributed by atoms with Crippen molar-refractivity contribution in [2.75, 3.05) is 31.1 Å². The van der Waals surface area contributed by atoms with Crippen LogP contribution in [0.4, 0.5) is 5.69 Å². The molecular formula is C31H37N3O2. The van der Waals surface area contributed by atoms with E-state index in [0.717, 1.165) is 37.1 Å². The molecule has 2 aromatic rings. The number of hydrogen-bond acceptors (Lipinski definition) is 3. The number of nitrogens with one attached hydrogen (secondary N) is 1. The molecule has 1 aliphatic carbocycles. The van der Waals surface area contributed by atoms with Crippen LogP contribution in [0.1, 0.15) is 61.4 Å². The molecule has 0 unspecified atom stereocenters. The van der Waals surface area contributed by atoms with Crippen molar-refractivity contribution in [3.05, 3.63) is 89.5 Å². The molecule has 1 atom stereocenters. The first kappa shape index (κ1) is 24.4. The van der Waals surface area contributed by atoms with E-state index in [9.17, 15) is 9.59 Å². The lowest BCUT2D eigenvalue weighted by Gasteiger charge is -2.41. The molecule has 0 bridgehead atoms. The molecule has 0 radical (unpaired) electrons. The number of carbonyl (C=O) groups excluding carboxylic acids is 2. The molecule has 36 heavy (non-hydrogen) atoms. The molecule has 5 nitrogen and oxygen atoms in total. The Bertz CT molecular complexity index is 1120. The fraction of sp³-hybridized carbons (Fsp3) is 0.419. The van der Waals surface area contributed by atoms with Crippen LogP contribution < -0.4 is 10.2 Å². The van der Waals surface area contributed by atoms with Crippen LogP contribution >= 0.6 is 0 Å². The highest BCUT2D eigenvalue weighted by molar-refractivity contribution is 5.95. The van der Waals surface area contributed by atoms with Crippen molar-refractivity contribution >= 4 is 17.5 Å². The van der Waals surface area contributed by atoms with Crippen molar-refractivity contribution in [1.29, 1.82) is 0 Å². The Morgan fingerprint density at radius 2 is 1.61 bits per heavy atom. The molecule has 1 N–H and O–H groups in total. The zero-order chi connectivity index (χ0) is 25.0. The average molecular weight is 484 g/mol. The second kappa shape index (κ2) is 10.7. The number of carbonyl (C=O) groups is 2. The first-order valence-corrected chi connectivity index (χ1v) is 13.4. The van der Waals surface area contributed by atoms with Crippen molar-refractivity contribution in [1.82, 2.24) is 10.2 Å². The largest absolute Gasteiger partial charge is 0.372 e. The van der Waals surface area contributed by atoms with Crippen molar-refractivity contribution in [3.8, 4) is 0 Å². The SMILES string of the molecule is C[C@H](NC(=O)C1(c2ccccc2)CCN(C(=O)c2ccc(N3CCCC3)cc2)CC1)C1=CC=CCC1. The van der Waals surface area contributed by atoms with Gasteiger partial charge in [0.1, 0.15) is 0 Å². The lowest BCUT2D eigenvalue weighted by atomic mass is 9.71. The minimum Gasteiger partial charge on any atom is -0.372 e. The van der Waals surface area contributed by atoms with E-state index < -0.39 is 5.41 Å². The predicted octanol–water partition coefficient (Wildman–Crippen LogP) is 5.24. The van der Waals surface area contributed by atoms with Gasteiger partial charge in [-0.25, -0.2) is 0 Å². The molecule has 5 rings (SSSR count). The number of piperidine rings is 1. The Hall–Kier alpha value is -3.34. The monoisotopic (exact) mass is 483 g/mol. The highest BCUT2D eigenvalue weighted by atomic mass is 16.2. The van der Waals surface area contributed by atoms with Gasteiger partial charge in [-0.15, -0.1) is 0 Å². The summed E-state index contributed by atoms with van der Waals surface area (Å²) < 4.78 is 0. The van der Waals surface area contributed by atoms with E-state index in [0.29, 0.717) is 25.9 Å². The molecule has 188 valence electrons. The van der Waals surface area contributed by atoms with E-state index in [1.165, 1.54) is 24.1 Å². The van der Waals surface area contributed by atoms with Crippen LogP contribution in [0, 0.1) is 0 Å². The van der Waals surface area contributed by atoms with Gasteiger partial charge in [-0.1, -0.05) is 48.6 Å². The van der Waals surface area contributed by atoms with Gasteiger partial charge in [0.05, 0.1) is 5.41 Å². The predicted molar refractivity (Wildman–Crippen MR) is 145 cm³/mol. The van der Waals surface area contributed by atoms with E-state index in [1.807, 2.05) is 35.2 Å². The molecule has 2 amide bonds. The van der Waals surface area contributed by atoms with Crippen LogP contribution in [0.5, 0.6) is 0 Å². The normalized spacial score (nSPS) is 20.1. The van der Waals surface area contributed by atoms with Gasteiger partial charge in [-0.05, 0) is 80.9 Å². The van der Waals surface area contributed by atoms with Gasteiger partial charge < -0.3 is 15.1 Å². The van der Waals surface area contributed by atoms with E-state index in [4.69, 9.17) is 0 Å². The second-order valence-corrected chi connectivity index (χ2v) is 10.4. The van der Waals surface area contributed by atoms with E-state index in [1.54, 1.807) is 0 Å². The Morgan fingerprint density at radius 3 is 2.25 bits per heavy atom. The molecule has 2 saturated heterocycles. The van der Waals surface area contributed by atoms with Gasteiger partial charge >= 0.3 is 0 Å². The second-order valence-electron chi connectivity index (χ2n) is 10.4. The van der Waals surface area contributed by atoms with Crippen LogP contribution in [0.3, 0.4) is 0 Å². The van der Waals surface area contributed by atoms with Crippen molar-refractivity contribution in [3.63, 3.8) is 0 Å². The number of anilines is 1. The molecule has 3 aliphatic rings. The number of likely N-dealkylation sites (tertiary alicyclic amines) is 1. The zero-order valence-corrected chi connectivity index (χ0v) is 21.3. The summed E-state index contributed by atoms with van der Waals surface area (Å²) in [6, 6.07) is 18.2. The van der Waals surface area contributed by atoms with Crippen LogP contribution in [-0.2, 0) is 10.2 Å². The van der Waals surface area contributed by atoms with Crippen LogP contribution in [-0.4, -0.2) is 48.9 Å². The van der Waals surface area contributed by atoms with Crippen molar-refractivity contribution < 1.29 is 9.59 Å². The standard InChI is InChI=1S/C31H37N3O2/c1-24(25-10-4-2-5-11-25)32-30(36)31(27-12-6-3-7-13-27)18-22-34(23-19-31)29(35)26-14-16-28(17-15-26)33-20-8-9-21-33/h2-4,6-7,10,12-17,24H,5,8-9,11,18-23H2,1H3,(H,32,36)/t24-/m0/s1. The highest BCUT2D eigenvalue weighted by Crippen LogP contribution is 2.37. The molecule has 2 aromatic carbocycles. The third-order valence-electron chi connectivity index (χ3n) is 8.20. The molecule has 2 aliphatic heterocycles. The average Bonchev–Trinajstić information content (AvgIpc) is 3.49. The number of allylic oxidation sites excluding steroid dienone is 3. The maximum atomic E-state index is 13.8. The summed E-state index contributed by atoms with van der Waals surface area (Å²) in [5.74, 6) is 0.122. The van der Waals surface area contributed by atoms with Crippen LogP contribution in [0.2, 0.25) is 0 Å². The highest BCUT2D eigenvalue weighted by Gasteiger charge is 2.44. The van der Waals surface area contributed by atoms with Gasteiger partial charge in [0.2, 0.25) is 5.91 Å². The lowest BCUT2D eigenvalue weighted by Crippen LogP contribution is -2.54. The van der Waals surface area contributed by atoms with Gasteiger partial charge in [-0.3, -0.25) is 9.59 Å². The summed E-state index contributed by atoms with van der Waals surface area (Å²) in [7, 11) is 0. The minimum atomic E-state index is -0.628. The summed E-state index contributed by atoms with van der Waals surface area (Å²) in [6.07, 6.45) is 12.1. The van der Waals surface area contributed by atoms with Gasteiger partial charge in [0.15, 0.2) is 0 Å². The summed E-state index contributed by atoms with van der Waals surface area (Å²) in [4.78, 5) is 31.4. The minimum absolute atomic E-state index is 0.00294. The Labute approximate surface area is 214 Å². The molecule has 5 heteroatoms. The quantitative estimate of drug-likeness (QED) is 0.611. The van der Waals surface area contributed by atoms with Crippen molar-refractivity contribution in [2.45, 2.75) is 56.9 Å². The smallest absolute Gasteiger partial charge is 0.253 e. The van der Waals surface area contributed by atoms with E-state index in [2.05, 4.69) is 59.6 Å². The first-order chi connectivity index (χ1) is 17.6. The molecular weight excluding hydrogens is 446 g/mol. The zero-order valence-electron chi connectivity index (χ0n) is 21.3. The molecule has 0 aromatic heterocycles. The number of benzene rings is 2. The number of rotatable bonds is 6. The summed E-state index contributed by atoms with van der Waals surface area (Å²) in [5, 5.41) is 3.32. The number of nitrogens with zero attached hydrogens (tertiary/aromatic N) is 2. The fourth-order valence-corrected chi connectivity index (χ4v) is 5.88. The number of amides is 2. The molecule has 2 heterocycles.